The Morgan fingerprint density at radius 2 is 1.03 bits per heavy atom. The molecule has 186 valence electrons. The van der Waals surface area contributed by atoms with Crippen LogP contribution in [0.25, 0.3) is 0 Å². The number of rotatable bonds is 19. The van der Waals surface area contributed by atoms with Gasteiger partial charge in [-0.05, 0) is 77.4 Å². The van der Waals surface area contributed by atoms with Gasteiger partial charge in [0, 0.05) is 6.42 Å². The zero-order valence-electron chi connectivity index (χ0n) is 19.2. The second kappa shape index (κ2) is 18.3. The van der Waals surface area contributed by atoms with Crippen LogP contribution in [0.15, 0.2) is 0 Å². The summed E-state index contributed by atoms with van der Waals surface area (Å²) in [6.45, 7) is 3.03. The first-order valence-electron chi connectivity index (χ1n) is 11.5. The molecule has 0 radical (unpaired) electrons. The van der Waals surface area contributed by atoms with Crippen LogP contribution in [-0.2, 0) is 19.2 Å². The minimum Gasteiger partial charge on any atom is -0.480 e. The lowest BCUT2D eigenvalue weighted by atomic mass is 10.0. The fourth-order valence-corrected chi connectivity index (χ4v) is 3.11. The van der Waals surface area contributed by atoms with Gasteiger partial charge in [0.2, 0.25) is 17.7 Å². The molecule has 0 aliphatic heterocycles. The third-order valence-electron chi connectivity index (χ3n) is 5.06. The molecule has 0 saturated heterocycles. The molecule has 0 bridgehead atoms. The minimum absolute atomic E-state index is 0.226. The predicted octanol–water partition coefficient (Wildman–Crippen LogP) is -0.678. The van der Waals surface area contributed by atoms with E-state index in [1.807, 2.05) is 0 Å². The van der Waals surface area contributed by atoms with Crippen molar-refractivity contribution >= 4 is 23.7 Å². The summed E-state index contributed by atoms with van der Waals surface area (Å²) >= 11 is 0. The monoisotopic (exact) mass is 458 g/mol. The molecule has 0 aromatic heterocycles. The van der Waals surface area contributed by atoms with Crippen molar-refractivity contribution in [3.8, 4) is 0 Å². The molecule has 0 fully saturated rings. The van der Waals surface area contributed by atoms with Crippen molar-refractivity contribution < 1.29 is 24.3 Å². The number of carbonyl (C=O) groups is 4. The number of unbranched alkanes of at least 4 members (excludes halogenated alkanes) is 3. The quantitative estimate of drug-likeness (QED) is 0.123. The van der Waals surface area contributed by atoms with E-state index in [2.05, 4.69) is 16.0 Å². The van der Waals surface area contributed by atoms with Gasteiger partial charge < -0.3 is 38.3 Å². The zero-order valence-corrected chi connectivity index (χ0v) is 19.2. The standard InChI is InChI=1S/C21H42N6O5/c1-2-18(28)25-15(9-3-6-12-22)19(29)26-16(10-4-7-13-23)20(30)27-17(21(31)32)11-5-8-14-24/h15-17H,2-14,22-24H2,1H3,(H,25,28)(H,26,29)(H,27,30)(H,31,32)/t15-,16-,17-/m0/s1. The van der Waals surface area contributed by atoms with Crippen molar-refractivity contribution in [2.24, 2.45) is 17.2 Å². The number of carbonyl (C=O) groups excluding carboxylic acids is 3. The lowest BCUT2D eigenvalue weighted by Gasteiger charge is -2.24. The molecule has 0 saturated carbocycles. The van der Waals surface area contributed by atoms with E-state index in [1.54, 1.807) is 6.92 Å². The highest BCUT2D eigenvalue weighted by molar-refractivity contribution is 5.93. The Morgan fingerprint density at radius 3 is 1.41 bits per heavy atom. The average molecular weight is 459 g/mol. The molecular weight excluding hydrogens is 416 g/mol. The molecule has 0 aliphatic carbocycles. The van der Waals surface area contributed by atoms with Crippen LogP contribution in [0.2, 0.25) is 0 Å². The third kappa shape index (κ3) is 13.2. The molecule has 0 aromatic rings. The summed E-state index contributed by atoms with van der Waals surface area (Å²) in [6.07, 6.45) is 4.97. The van der Waals surface area contributed by atoms with Crippen LogP contribution in [0.3, 0.4) is 0 Å². The van der Waals surface area contributed by atoms with Crippen LogP contribution in [0, 0.1) is 0 Å². The number of hydrogen-bond donors (Lipinski definition) is 7. The minimum atomic E-state index is -1.14. The molecule has 11 heteroatoms. The normalized spacial score (nSPS) is 13.6. The summed E-state index contributed by atoms with van der Waals surface area (Å²) in [5.74, 6) is -2.46. The van der Waals surface area contributed by atoms with Gasteiger partial charge in [0.1, 0.15) is 18.1 Å². The SMILES string of the molecule is CCC(=O)N[C@@H](CCCCN)C(=O)N[C@@H](CCCCN)C(=O)N[C@@H](CCCCN)C(=O)O. The van der Waals surface area contributed by atoms with Crippen molar-refractivity contribution in [2.75, 3.05) is 19.6 Å². The van der Waals surface area contributed by atoms with Crippen LogP contribution in [0.4, 0.5) is 0 Å². The third-order valence-corrected chi connectivity index (χ3v) is 5.06. The van der Waals surface area contributed by atoms with Crippen molar-refractivity contribution in [3.63, 3.8) is 0 Å². The predicted molar refractivity (Wildman–Crippen MR) is 122 cm³/mol. The van der Waals surface area contributed by atoms with E-state index < -0.39 is 35.9 Å². The first-order valence-corrected chi connectivity index (χ1v) is 11.5. The maximum Gasteiger partial charge on any atom is 0.326 e. The van der Waals surface area contributed by atoms with E-state index in [0.29, 0.717) is 71.0 Å². The van der Waals surface area contributed by atoms with Gasteiger partial charge in [-0.25, -0.2) is 4.79 Å². The molecule has 0 aromatic carbocycles. The van der Waals surface area contributed by atoms with E-state index in [-0.39, 0.29) is 18.7 Å². The van der Waals surface area contributed by atoms with Gasteiger partial charge in [-0.15, -0.1) is 0 Å². The summed E-state index contributed by atoms with van der Waals surface area (Å²) in [5.41, 5.74) is 16.5. The van der Waals surface area contributed by atoms with Crippen molar-refractivity contribution in [1.29, 1.82) is 0 Å². The number of amides is 3. The smallest absolute Gasteiger partial charge is 0.326 e. The average Bonchev–Trinajstić information content (AvgIpc) is 2.76. The fourth-order valence-electron chi connectivity index (χ4n) is 3.11. The first-order chi connectivity index (χ1) is 15.3. The molecule has 11 nitrogen and oxygen atoms in total. The largest absolute Gasteiger partial charge is 0.480 e. The van der Waals surface area contributed by atoms with Crippen LogP contribution in [0.5, 0.6) is 0 Å². The van der Waals surface area contributed by atoms with Crippen molar-refractivity contribution in [1.82, 2.24) is 16.0 Å². The second-order valence-electron chi connectivity index (χ2n) is 7.79. The molecule has 0 heterocycles. The van der Waals surface area contributed by atoms with Gasteiger partial charge in [0.15, 0.2) is 0 Å². The number of carboxylic acid groups (broad SMARTS) is 1. The maximum atomic E-state index is 12.9. The van der Waals surface area contributed by atoms with Gasteiger partial charge in [-0.1, -0.05) is 6.92 Å². The number of hydrogen-bond acceptors (Lipinski definition) is 7. The Kier molecular flexibility index (Phi) is 17.1. The van der Waals surface area contributed by atoms with Gasteiger partial charge in [-0.3, -0.25) is 14.4 Å². The zero-order chi connectivity index (χ0) is 24.4. The Hall–Kier alpha value is -2.24. The second-order valence-corrected chi connectivity index (χ2v) is 7.79. The van der Waals surface area contributed by atoms with Gasteiger partial charge in [0.25, 0.3) is 0 Å². The lowest BCUT2D eigenvalue weighted by molar-refractivity contribution is -0.142. The van der Waals surface area contributed by atoms with E-state index in [9.17, 15) is 24.3 Å². The number of aliphatic carboxylic acids is 1. The highest BCUT2D eigenvalue weighted by atomic mass is 16.4. The van der Waals surface area contributed by atoms with E-state index in [4.69, 9.17) is 17.2 Å². The van der Waals surface area contributed by atoms with E-state index >= 15 is 0 Å². The number of carboxylic acids is 1. The van der Waals surface area contributed by atoms with Gasteiger partial charge >= 0.3 is 5.97 Å². The molecule has 32 heavy (non-hydrogen) atoms. The Labute approximate surface area is 190 Å². The summed E-state index contributed by atoms with van der Waals surface area (Å²) < 4.78 is 0. The number of nitrogens with one attached hydrogen (secondary N) is 3. The van der Waals surface area contributed by atoms with E-state index in [1.165, 1.54) is 0 Å². The number of nitrogens with two attached hydrogens (primary N) is 3. The fraction of sp³-hybridized carbons (Fsp3) is 0.810. The van der Waals surface area contributed by atoms with Crippen LogP contribution in [0.1, 0.15) is 71.1 Å². The highest BCUT2D eigenvalue weighted by Gasteiger charge is 2.28. The summed E-state index contributed by atoms with van der Waals surface area (Å²) in [5, 5.41) is 17.3. The molecule has 0 unspecified atom stereocenters. The van der Waals surface area contributed by atoms with Gasteiger partial charge in [0.05, 0.1) is 0 Å². The van der Waals surface area contributed by atoms with Crippen LogP contribution >= 0.6 is 0 Å². The van der Waals surface area contributed by atoms with E-state index in [0.717, 1.165) is 0 Å². The Bertz CT molecular complexity index is 575. The summed E-state index contributed by atoms with van der Waals surface area (Å²) in [4.78, 5) is 49.1. The van der Waals surface area contributed by atoms with Crippen LogP contribution in [-0.4, -0.2) is 66.6 Å². The molecular formula is C21H42N6O5. The Morgan fingerprint density at radius 1 is 0.656 bits per heavy atom. The molecule has 10 N–H and O–H groups in total. The maximum absolute atomic E-state index is 12.9. The molecule has 3 atom stereocenters. The lowest BCUT2D eigenvalue weighted by Crippen LogP contribution is -2.55. The van der Waals surface area contributed by atoms with Crippen molar-refractivity contribution in [3.05, 3.63) is 0 Å². The molecule has 0 rings (SSSR count). The Balaban J connectivity index is 5.27. The highest BCUT2D eigenvalue weighted by Crippen LogP contribution is 2.07. The first kappa shape index (κ1) is 29.8. The summed E-state index contributed by atoms with van der Waals surface area (Å²) in [7, 11) is 0. The van der Waals surface area contributed by atoms with Gasteiger partial charge in [-0.2, -0.15) is 0 Å². The summed E-state index contributed by atoms with van der Waals surface area (Å²) in [6, 6.07) is -2.79. The molecule has 0 aliphatic rings. The van der Waals surface area contributed by atoms with Crippen LogP contribution < -0.4 is 33.2 Å². The topological polar surface area (TPSA) is 203 Å². The molecule has 0 spiro atoms. The molecule has 3 amide bonds. The van der Waals surface area contributed by atoms with Crippen molar-refractivity contribution in [2.45, 2.75) is 89.3 Å².